The number of carbonyl (C=O) groups is 2. The molecule has 0 aliphatic heterocycles. The van der Waals surface area contributed by atoms with Crippen LogP contribution in [0.4, 0.5) is 5.69 Å². The van der Waals surface area contributed by atoms with Crippen LogP contribution in [0.5, 0.6) is 5.75 Å². The van der Waals surface area contributed by atoms with Crippen LogP contribution in [0.2, 0.25) is 0 Å². The fraction of sp³-hybridized carbons (Fsp3) is 0.364. The number of amides is 2. The lowest BCUT2D eigenvalue weighted by Crippen LogP contribution is -2.19. The number of anilines is 1. The highest BCUT2D eigenvalue weighted by Gasteiger charge is 2.12. The summed E-state index contributed by atoms with van der Waals surface area (Å²) in [6, 6.07) is 14.5. The Morgan fingerprint density at radius 1 is 0.963 bits per heavy atom. The molecule has 2 aromatic carbocycles. The van der Waals surface area contributed by atoms with Gasteiger partial charge in [0.2, 0.25) is 5.91 Å². The van der Waals surface area contributed by atoms with E-state index in [0.717, 1.165) is 18.4 Å². The molecule has 144 valence electrons. The Balaban J connectivity index is 1.96. The molecule has 0 aromatic heterocycles. The lowest BCUT2D eigenvalue weighted by Gasteiger charge is -2.12. The number of benzene rings is 2. The molecular formula is C22H28N2O3. The van der Waals surface area contributed by atoms with Gasteiger partial charge in [-0.2, -0.15) is 0 Å². The van der Waals surface area contributed by atoms with Crippen molar-refractivity contribution in [2.75, 3.05) is 19.0 Å². The maximum Gasteiger partial charge on any atom is 0.259 e. The van der Waals surface area contributed by atoms with Crippen molar-refractivity contribution < 1.29 is 14.3 Å². The summed E-state index contributed by atoms with van der Waals surface area (Å²) in [4.78, 5) is 24.0. The van der Waals surface area contributed by atoms with E-state index in [-0.39, 0.29) is 11.8 Å². The van der Waals surface area contributed by atoms with E-state index in [4.69, 9.17) is 4.74 Å². The molecule has 0 bridgehead atoms. The average molecular weight is 368 g/mol. The van der Waals surface area contributed by atoms with Crippen molar-refractivity contribution >= 4 is 17.5 Å². The molecule has 2 N–H and O–H groups in total. The third kappa shape index (κ3) is 6.77. The van der Waals surface area contributed by atoms with Crippen molar-refractivity contribution in [1.29, 1.82) is 0 Å². The maximum atomic E-state index is 12.6. The Hall–Kier alpha value is -2.82. The van der Waals surface area contributed by atoms with Gasteiger partial charge < -0.3 is 15.4 Å². The quantitative estimate of drug-likeness (QED) is 0.618. The Labute approximate surface area is 161 Å². The Bertz CT molecular complexity index is 741. The summed E-state index contributed by atoms with van der Waals surface area (Å²) in [6.07, 6.45) is 4.81. The first kappa shape index (κ1) is 20.5. The molecule has 0 atom stereocenters. The van der Waals surface area contributed by atoms with E-state index in [9.17, 15) is 9.59 Å². The zero-order valence-corrected chi connectivity index (χ0v) is 16.1. The van der Waals surface area contributed by atoms with Crippen molar-refractivity contribution in [3.05, 3.63) is 59.7 Å². The van der Waals surface area contributed by atoms with Crippen molar-refractivity contribution in [3.8, 4) is 5.75 Å². The first-order chi connectivity index (χ1) is 13.1. The Morgan fingerprint density at radius 3 is 2.41 bits per heavy atom. The van der Waals surface area contributed by atoms with Gasteiger partial charge in [-0.05, 0) is 36.2 Å². The van der Waals surface area contributed by atoms with E-state index in [1.807, 2.05) is 30.3 Å². The van der Waals surface area contributed by atoms with Crippen LogP contribution in [0.1, 0.15) is 48.5 Å². The second kappa shape index (κ2) is 11.0. The van der Waals surface area contributed by atoms with Crippen LogP contribution >= 0.6 is 0 Å². The summed E-state index contributed by atoms with van der Waals surface area (Å²) >= 11 is 0. The monoisotopic (exact) mass is 368 g/mol. The predicted molar refractivity (Wildman–Crippen MR) is 108 cm³/mol. The summed E-state index contributed by atoms with van der Waals surface area (Å²) in [5, 5.41) is 5.48. The largest absolute Gasteiger partial charge is 0.493 e. The Morgan fingerprint density at radius 2 is 1.70 bits per heavy atom. The molecule has 0 radical (unpaired) electrons. The number of unbranched alkanes of at least 4 members (excludes halogenated alkanes) is 3. The minimum absolute atomic E-state index is 0.0446. The fourth-order valence-corrected chi connectivity index (χ4v) is 2.67. The smallest absolute Gasteiger partial charge is 0.259 e. The molecule has 0 saturated heterocycles. The topological polar surface area (TPSA) is 67.4 Å². The zero-order chi connectivity index (χ0) is 19.5. The van der Waals surface area contributed by atoms with Crippen LogP contribution in [0.15, 0.2) is 48.5 Å². The fourth-order valence-electron chi connectivity index (χ4n) is 2.67. The summed E-state index contributed by atoms with van der Waals surface area (Å²) in [7, 11) is 1.61. The molecule has 0 aliphatic rings. The predicted octanol–water partition coefficient (Wildman–Crippen LogP) is 4.19. The molecule has 0 fully saturated rings. The highest BCUT2D eigenvalue weighted by atomic mass is 16.5. The van der Waals surface area contributed by atoms with Gasteiger partial charge in [0.15, 0.2) is 0 Å². The van der Waals surface area contributed by atoms with E-state index in [0.29, 0.717) is 30.0 Å². The minimum atomic E-state index is -0.210. The van der Waals surface area contributed by atoms with Crippen molar-refractivity contribution in [3.63, 3.8) is 0 Å². The Kier molecular flexibility index (Phi) is 8.36. The van der Waals surface area contributed by atoms with Crippen LogP contribution in [0.3, 0.4) is 0 Å². The van der Waals surface area contributed by atoms with Gasteiger partial charge in [-0.3, -0.25) is 9.59 Å². The number of likely N-dealkylation sites (N-methyl/N-ethyl adjacent to an activating group) is 1. The van der Waals surface area contributed by atoms with Gasteiger partial charge in [0.05, 0.1) is 18.6 Å². The van der Waals surface area contributed by atoms with Crippen LogP contribution in [-0.2, 0) is 11.2 Å². The highest BCUT2D eigenvalue weighted by Crippen LogP contribution is 2.20. The van der Waals surface area contributed by atoms with E-state index in [1.54, 1.807) is 25.2 Å². The average Bonchev–Trinajstić information content (AvgIpc) is 2.69. The van der Waals surface area contributed by atoms with Gasteiger partial charge in [0.25, 0.3) is 5.91 Å². The van der Waals surface area contributed by atoms with Crippen molar-refractivity contribution in [2.24, 2.45) is 0 Å². The zero-order valence-electron chi connectivity index (χ0n) is 16.1. The maximum absolute atomic E-state index is 12.6. The summed E-state index contributed by atoms with van der Waals surface area (Å²) in [6.45, 7) is 2.78. The molecule has 0 saturated carbocycles. The second-order valence-electron chi connectivity index (χ2n) is 6.41. The van der Waals surface area contributed by atoms with Gasteiger partial charge in [0.1, 0.15) is 5.75 Å². The first-order valence-electron chi connectivity index (χ1n) is 9.46. The highest BCUT2D eigenvalue weighted by molar-refractivity contribution is 6.06. The van der Waals surface area contributed by atoms with E-state index < -0.39 is 0 Å². The van der Waals surface area contributed by atoms with Gasteiger partial charge >= 0.3 is 0 Å². The van der Waals surface area contributed by atoms with Crippen LogP contribution in [-0.4, -0.2) is 25.5 Å². The SMILES string of the molecule is CCCCCCOc1ccccc1C(=O)Nc1ccc(CC(=O)NC)cc1. The third-order valence-corrected chi connectivity index (χ3v) is 4.24. The van der Waals surface area contributed by atoms with E-state index >= 15 is 0 Å². The van der Waals surface area contributed by atoms with E-state index in [1.165, 1.54) is 12.8 Å². The summed E-state index contributed by atoms with van der Waals surface area (Å²) in [5.41, 5.74) is 2.09. The molecular weight excluding hydrogens is 340 g/mol. The molecule has 2 rings (SSSR count). The number of para-hydroxylation sites is 1. The molecule has 0 spiro atoms. The van der Waals surface area contributed by atoms with Gasteiger partial charge in [-0.25, -0.2) is 0 Å². The van der Waals surface area contributed by atoms with Gasteiger partial charge in [0, 0.05) is 12.7 Å². The summed E-state index contributed by atoms with van der Waals surface area (Å²) in [5.74, 6) is 0.345. The van der Waals surface area contributed by atoms with Crippen LogP contribution in [0, 0.1) is 0 Å². The van der Waals surface area contributed by atoms with Crippen molar-refractivity contribution in [2.45, 2.75) is 39.0 Å². The lowest BCUT2D eigenvalue weighted by molar-refractivity contribution is -0.119. The number of rotatable bonds is 10. The molecule has 5 nitrogen and oxygen atoms in total. The van der Waals surface area contributed by atoms with E-state index in [2.05, 4.69) is 17.6 Å². The number of carbonyl (C=O) groups excluding carboxylic acids is 2. The first-order valence-corrected chi connectivity index (χ1v) is 9.46. The molecule has 5 heteroatoms. The third-order valence-electron chi connectivity index (χ3n) is 4.24. The standard InChI is InChI=1S/C22H28N2O3/c1-3-4-5-8-15-27-20-10-7-6-9-19(20)22(26)24-18-13-11-17(12-14-18)16-21(25)23-2/h6-7,9-14H,3-5,8,15-16H2,1-2H3,(H,23,25)(H,24,26). The molecule has 27 heavy (non-hydrogen) atoms. The molecule has 0 aliphatic carbocycles. The van der Waals surface area contributed by atoms with Gasteiger partial charge in [-0.15, -0.1) is 0 Å². The number of ether oxygens (including phenoxy) is 1. The normalized spacial score (nSPS) is 10.3. The number of hydrogen-bond donors (Lipinski definition) is 2. The molecule has 0 unspecified atom stereocenters. The van der Waals surface area contributed by atoms with Crippen molar-refractivity contribution in [1.82, 2.24) is 5.32 Å². The van der Waals surface area contributed by atoms with Crippen LogP contribution in [0.25, 0.3) is 0 Å². The summed E-state index contributed by atoms with van der Waals surface area (Å²) < 4.78 is 5.81. The molecule has 2 aromatic rings. The second-order valence-corrected chi connectivity index (χ2v) is 6.41. The van der Waals surface area contributed by atoms with Gasteiger partial charge in [-0.1, -0.05) is 50.5 Å². The van der Waals surface area contributed by atoms with Crippen LogP contribution < -0.4 is 15.4 Å². The number of nitrogens with one attached hydrogen (secondary N) is 2. The number of hydrogen-bond acceptors (Lipinski definition) is 3. The molecule has 2 amide bonds. The minimum Gasteiger partial charge on any atom is -0.493 e. The molecule has 0 heterocycles. The lowest BCUT2D eigenvalue weighted by atomic mass is 10.1.